The third kappa shape index (κ3) is 6.42. The maximum atomic E-state index is 3.66. The number of hydrogen-bond donors (Lipinski definition) is 1. The van der Waals surface area contributed by atoms with Crippen LogP contribution in [0.4, 0.5) is 0 Å². The maximum Gasteiger partial charge on any atom is 0.0107 e. The van der Waals surface area contributed by atoms with E-state index in [1.807, 2.05) is 0 Å². The zero-order valence-corrected chi connectivity index (χ0v) is 12.2. The number of hydrogen-bond acceptors (Lipinski definition) is 2. The quantitative estimate of drug-likeness (QED) is 0.656. The lowest BCUT2D eigenvalue weighted by Crippen LogP contribution is -2.35. The van der Waals surface area contributed by atoms with E-state index in [9.17, 15) is 0 Å². The molecule has 2 nitrogen and oxygen atoms in total. The van der Waals surface area contributed by atoms with E-state index in [0.29, 0.717) is 0 Å². The molecule has 0 amide bonds. The Bertz CT molecular complexity index is 182. The Morgan fingerprint density at radius 3 is 2.65 bits per heavy atom. The molecule has 0 aromatic rings. The molecule has 1 fully saturated rings. The number of likely N-dealkylation sites (N-methyl/N-ethyl adjacent to an activating group) is 1. The highest BCUT2D eigenvalue weighted by molar-refractivity contribution is 4.72. The van der Waals surface area contributed by atoms with Gasteiger partial charge >= 0.3 is 0 Å². The molecule has 0 aliphatic heterocycles. The Labute approximate surface area is 108 Å². The SMILES string of the molecule is CCCN(CC)CCNCC1CCCC(C)C1. The van der Waals surface area contributed by atoms with E-state index in [-0.39, 0.29) is 0 Å². The molecule has 1 saturated carbocycles. The Hall–Kier alpha value is -0.0800. The second-order valence-electron chi connectivity index (χ2n) is 5.78. The van der Waals surface area contributed by atoms with Crippen molar-refractivity contribution in [2.24, 2.45) is 11.8 Å². The standard InChI is InChI=1S/C15H32N2/c1-4-10-17(5-2)11-9-16-13-15-8-6-7-14(3)12-15/h14-16H,4-13H2,1-3H3. The molecule has 17 heavy (non-hydrogen) atoms. The summed E-state index contributed by atoms with van der Waals surface area (Å²) < 4.78 is 0. The molecular formula is C15H32N2. The monoisotopic (exact) mass is 240 g/mol. The molecule has 2 atom stereocenters. The molecule has 102 valence electrons. The van der Waals surface area contributed by atoms with Crippen LogP contribution in [0.1, 0.15) is 52.9 Å². The van der Waals surface area contributed by atoms with Crippen molar-refractivity contribution in [3.05, 3.63) is 0 Å². The van der Waals surface area contributed by atoms with Crippen LogP contribution in [0, 0.1) is 11.8 Å². The van der Waals surface area contributed by atoms with E-state index in [1.54, 1.807) is 0 Å². The van der Waals surface area contributed by atoms with Crippen LogP contribution in [0.3, 0.4) is 0 Å². The molecular weight excluding hydrogens is 208 g/mol. The van der Waals surface area contributed by atoms with Crippen molar-refractivity contribution in [3.8, 4) is 0 Å². The molecule has 0 aromatic carbocycles. The smallest absolute Gasteiger partial charge is 0.0107 e. The summed E-state index contributed by atoms with van der Waals surface area (Å²) >= 11 is 0. The van der Waals surface area contributed by atoms with Crippen LogP contribution >= 0.6 is 0 Å². The van der Waals surface area contributed by atoms with E-state index in [0.717, 1.165) is 11.8 Å². The topological polar surface area (TPSA) is 15.3 Å². The summed E-state index contributed by atoms with van der Waals surface area (Å²) in [7, 11) is 0. The summed E-state index contributed by atoms with van der Waals surface area (Å²) in [6.45, 7) is 13.0. The highest BCUT2D eigenvalue weighted by Gasteiger charge is 2.18. The van der Waals surface area contributed by atoms with Crippen molar-refractivity contribution in [2.75, 3.05) is 32.7 Å². The molecule has 1 aliphatic rings. The predicted octanol–water partition coefficient (Wildman–Crippen LogP) is 3.13. The minimum Gasteiger partial charge on any atom is -0.315 e. The van der Waals surface area contributed by atoms with Gasteiger partial charge in [-0.2, -0.15) is 0 Å². The molecule has 0 saturated heterocycles. The van der Waals surface area contributed by atoms with Gasteiger partial charge in [0.15, 0.2) is 0 Å². The zero-order valence-electron chi connectivity index (χ0n) is 12.2. The largest absolute Gasteiger partial charge is 0.315 e. The normalized spacial score (nSPS) is 25.4. The van der Waals surface area contributed by atoms with Crippen molar-refractivity contribution in [1.82, 2.24) is 10.2 Å². The summed E-state index contributed by atoms with van der Waals surface area (Å²) in [6, 6.07) is 0. The molecule has 0 radical (unpaired) electrons. The van der Waals surface area contributed by atoms with Crippen LogP contribution in [0.25, 0.3) is 0 Å². The van der Waals surface area contributed by atoms with Gasteiger partial charge in [0, 0.05) is 13.1 Å². The van der Waals surface area contributed by atoms with Gasteiger partial charge in [-0.15, -0.1) is 0 Å². The fourth-order valence-electron chi connectivity index (χ4n) is 3.03. The van der Waals surface area contributed by atoms with E-state index in [2.05, 4.69) is 31.0 Å². The van der Waals surface area contributed by atoms with Crippen LogP contribution in [-0.4, -0.2) is 37.6 Å². The molecule has 0 bridgehead atoms. The van der Waals surface area contributed by atoms with Gasteiger partial charge in [0.1, 0.15) is 0 Å². The van der Waals surface area contributed by atoms with Crippen molar-refractivity contribution in [2.45, 2.75) is 52.9 Å². The van der Waals surface area contributed by atoms with Crippen LogP contribution in [0.2, 0.25) is 0 Å². The van der Waals surface area contributed by atoms with Crippen molar-refractivity contribution in [3.63, 3.8) is 0 Å². The average molecular weight is 240 g/mol. The van der Waals surface area contributed by atoms with Gasteiger partial charge in [-0.25, -0.2) is 0 Å². The molecule has 2 heteroatoms. The van der Waals surface area contributed by atoms with Crippen molar-refractivity contribution < 1.29 is 0 Å². The minimum absolute atomic E-state index is 0.944. The fourth-order valence-corrected chi connectivity index (χ4v) is 3.03. The van der Waals surface area contributed by atoms with Gasteiger partial charge in [-0.1, -0.05) is 33.6 Å². The van der Waals surface area contributed by atoms with E-state index in [4.69, 9.17) is 0 Å². The van der Waals surface area contributed by atoms with Gasteiger partial charge in [0.25, 0.3) is 0 Å². The van der Waals surface area contributed by atoms with Gasteiger partial charge in [-0.05, 0) is 50.7 Å². The zero-order chi connectivity index (χ0) is 12.5. The van der Waals surface area contributed by atoms with Crippen LogP contribution in [0.5, 0.6) is 0 Å². The van der Waals surface area contributed by atoms with Crippen molar-refractivity contribution >= 4 is 0 Å². The molecule has 0 aromatic heterocycles. The summed E-state index contributed by atoms with van der Waals surface area (Å²) in [4.78, 5) is 2.54. The first-order valence-corrected chi connectivity index (χ1v) is 7.69. The summed E-state index contributed by atoms with van der Waals surface area (Å²) in [5.41, 5.74) is 0. The molecule has 1 N–H and O–H groups in total. The molecule has 1 aliphatic carbocycles. The molecule has 0 spiro atoms. The minimum atomic E-state index is 0.944. The Morgan fingerprint density at radius 2 is 2.00 bits per heavy atom. The number of nitrogens with one attached hydrogen (secondary N) is 1. The maximum absolute atomic E-state index is 3.66. The first kappa shape index (κ1) is 15.0. The third-order valence-electron chi connectivity index (χ3n) is 4.07. The summed E-state index contributed by atoms with van der Waals surface area (Å²) in [5.74, 6) is 1.91. The van der Waals surface area contributed by atoms with Gasteiger partial charge in [0.05, 0.1) is 0 Å². The first-order valence-electron chi connectivity index (χ1n) is 7.69. The summed E-state index contributed by atoms with van der Waals surface area (Å²) in [5, 5.41) is 3.66. The Morgan fingerprint density at radius 1 is 1.18 bits per heavy atom. The van der Waals surface area contributed by atoms with Crippen LogP contribution < -0.4 is 5.32 Å². The highest BCUT2D eigenvalue weighted by Crippen LogP contribution is 2.27. The van der Waals surface area contributed by atoms with Crippen molar-refractivity contribution in [1.29, 1.82) is 0 Å². The summed E-state index contributed by atoms with van der Waals surface area (Å²) in [6.07, 6.45) is 7.07. The molecule has 0 heterocycles. The van der Waals surface area contributed by atoms with E-state index < -0.39 is 0 Å². The van der Waals surface area contributed by atoms with E-state index in [1.165, 1.54) is 64.8 Å². The van der Waals surface area contributed by atoms with E-state index >= 15 is 0 Å². The predicted molar refractivity (Wildman–Crippen MR) is 76.4 cm³/mol. The van der Waals surface area contributed by atoms with Crippen LogP contribution in [0.15, 0.2) is 0 Å². The number of rotatable bonds is 8. The first-order chi connectivity index (χ1) is 8.26. The molecule has 1 rings (SSSR count). The lowest BCUT2D eigenvalue weighted by atomic mass is 9.82. The average Bonchev–Trinajstić information content (AvgIpc) is 2.33. The Balaban J connectivity index is 2.02. The lowest BCUT2D eigenvalue weighted by molar-refractivity contribution is 0.258. The highest BCUT2D eigenvalue weighted by atomic mass is 15.1. The second-order valence-corrected chi connectivity index (χ2v) is 5.78. The van der Waals surface area contributed by atoms with Gasteiger partial charge in [0.2, 0.25) is 0 Å². The second kappa shape index (κ2) is 8.93. The third-order valence-corrected chi connectivity index (χ3v) is 4.07. The Kier molecular flexibility index (Phi) is 7.87. The lowest BCUT2D eigenvalue weighted by Gasteiger charge is -2.27. The van der Waals surface area contributed by atoms with Crippen LogP contribution in [-0.2, 0) is 0 Å². The molecule has 2 unspecified atom stereocenters. The van der Waals surface area contributed by atoms with Gasteiger partial charge in [-0.3, -0.25) is 0 Å². The van der Waals surface area contributed by atoms with Gasteiger partial charge < -0.3 is 10.2 Å². The number of nitrogens with zero attached hydrogens (tertiary/aromatic N) is 1. The fraction of sp³-hybridized carbons (Fsp3) is 1.00.